The van der Waals surface area contributed by atoms with Gasteiger partial charge in [-0.2, -0.15) is 0 Å². The average Bonchev–Trinajstić information content (AvgIpc) is 1.97. The Labute approximate surface area is 63.0 Å². The van der Waals surface area contributed by atoms with Crippen LogP contribution < -0.4 is 0 Å². The molecule has 0 radical (unpaired) electrons. The van der Waals surface area contributed by atoms with Crippen LogP contribution in [0.25, 0.3) is 0 Å². The first kappa shape index (κ1) is 8.68. The molecule has 0 spiro atoms. The highest BCUT2D eigenvalue weighted by Gasteiger charge is 1.57. The van der Waals surface area contributed by atoms with Crippen molar-refractivity contribution in [1.82, 2.24) is 0 Å². The molecule has 0 amide bonds. The predicted molar refractivity (Wildman–Crippen MR) is 43.9 cm³/mol. The zero-order chi connectivity index (χ0) is 7.66. The summed E-state index contributed by atoms with van der Waals surface area (Å²) in [7, 11) is 0. The smallest absolute Gasteiger partial charge is 0.00704 e. The molecule has 0 aliphatic heterocycles. The topological polar surface area (TPSA) is 0 Å². The van der Waals surface area contributed by atoms with E-state index in [0.717, 1.165) is 12.8 Å². The molecular formula is C10H10. The lowest BCUT2D eigenvalue weighted by atomic mass is 10.4. The van der Waals surface area contributed by atoms with Crippen LogP contribution in [0.5, 0.6) is 0 Å². The van der Waals surface area contributed by atoms with Crippen molar-refractivity contribution in [3.8, 4) is 35.5 Å². The van der Waals surface area contributed by atoms with Crippen molar-refractivity contribution in [1.29, 1.82) is 0 Å². The Balaban J connectivity index is 3.70. The number of rotatable bonds is 0. The molecular weight excluding hydrogens is 120 g/mol. The van der Waals surface area contributed by atoms with Gasteiger partial charge in [0.1, 0.15) is 0 Å². The Morgan fingerprint density at radius 2 is 1.10 bits per heavy atom. The summed E-state index contributed by atoms with van der Waals surface area (Å²) in [6.45, 7) is 3.98. The van der Waals surface area contributed by atoms with E-state index in [1.807, 2.05) is 13.8 Å². The first-order valence-corrected chi connectivity index (χ1v) is 3.37. The number of hydrogen-bond donors (Lipinski definition) is 0. The molecule has 0 aromatic rings. The van der Waals surface area contributed by atoms with Crippen molar-refractivity contribution >= 4 is 0 Å². The van der Waals surface area contributed by atoms with Crippen LogP contribution in [0.1, 0.15) is 26.7 Å². The summed E-state index contributed by atoms with van der Waals surface area (Å²) in [5, 5.41) is 0. The summed E-state index contributed by atoms with van der Waals surface area (Å²) in [5.41, 5.74) is 0. The first-order chi connectivity index (χ1) is 4.91. The molecule has 0 heterocycles. The minimum Gasteiger partial charge on any atom is -0.0894 e. The molecule has 10 heavy (non-hydrogen) atoms. The van der Waals surface area contributed by atoms with E-state index < -0.39 is 0 Å². The monoisotopic (exact) mass is 130 g/mol. The zero-order valence-corrected chi connectivity index (χ0v) is 6.41. The average molecular weight is 130 g/mol. The van der Waals surface area contributed by atoms with E-state index in [1.54, 1.807) is 0 Å². The van der Waals surface area contributed by atoms with Gasteiger partial charge in [-0.05, 0) is 23.7 Å². The largest absolute Gasteiger partial charge is 0.0894 e. The minimum atomic E-state index is 0.857. The zero-order valence-electron chi connectivity index (χ0n) is 6.41. The Morgan fingerprint density at radius 3 is 1.40 bits per heavy atom. The van der Waals surface area contributed by atoms with E-state index in [2.05, 4.69) is 35.5 Å². The molecule has 0 atom stereocenters. The highest BCUT2D eigenvalue weighted by Crippen LogP contribution is 1.66. The van der Waals surface area contributed by atoms with E-state index in [1.165, 1.54) is 0 Å². The highest BCUT2D eigenvalue weighted by atomic mass is 13.6. The molecule has 0 aromatic carbocycles. The molecule has 0 heteroatoms. The SMILES string of the molecule is CCC#CC#CC#CCC. The van der Waals surface area contributed by atoms with Crippen LogP contribution in [-0.2, 0) is 0 Å². The van der Waals surface area contributed by atoms with Crippen molar-refractivity contribution in [3.63, 3.8) is 0 Å². The van der Waals surface area contributed by atoms with E-state index in [9.17, 15) is 0 Å². The van der Waals surface area contributed by atoms with Gasteiger partial charge in [-0.3, -0.25) is 0 Å². The van der Waals surface area contributed by atoms with Crippen molar-refractivity contribution in [2.75, 3.05) is 0 Å². The third-order valence-electron chi connectivity index (χ3n) is 0.718. The van der Waals surface area contributed by atoms with Gasteiger partial charge in [0.05, 0.1) is 0 Å². The molecule has 0 aliphatic carbocycles. The van der Waals surface area contributed by atoms with Crippen LogP contribution in [0.2, 0.25) is 0 Å². The summed E-state index contributed by atoms with van der Waals surface area (Å²) < 4.78 is 0. The van der Waals surface area contributed by atoms with Gasteiger partial charge >= 0.3 is 0 Å². The molecule has 0 unspecified atom stereocenters. The van der Waals surface area contributed by atoms with E-state index >= 15 is 0 Å². The summed E-state index contributed by atoms with van der Waals surface area (Å²) in [6.07, 6.45) is 1.71. The van der Waals surface area contributed by atoms with Gasteiger partial charge in [0.25, 0.3) is 0 Å². The maximum Gasteiger partial charge on any atom is 0.00704 e. The lowest BCUT2D eigenvalue weighted by molar-refractivity contribution is 1.28. The molecule has 0 aliphatic rings. The molecule has 0 saturated carbocycles. The van der Waals surface area contributed by atoms with Gasteiger partial charge in [0.2, 0.25) is 0 Å². The molecule has 0 saturated heterocycles. The second-order valence-electron chi connectivity index (χ2n) is 1.56. The van der Waals surface area contributed by atoms with Crippen molar-refractivity contribution < 1.29 is 0 Å². The van der Waals surface area contributed by atoms with Crippen LogP contribution in [0.4, 0.5) is 0 Å². The van der Waals surface area contributed by atoms with Crippen molar-refractivity contribution in [2.45, 2.75) is 26.7 Å². The lowest BCUT2D eigenvalue weighted by Gasteiger charge is -1.62. The summed E-state index contributed by atoms with van der Waals surface area (Å²) >= 11 is 0. The van der Waals surface area contributed by atoms with E-state index in [-0.39, 0.29) is 0 Å². The van der Waals surface area contributed by atoms with E-state index in [4.69, 9.17) is 0 Å². The molecule has 50 valence electrons. The highest BCUT2D eigenvalue weighted by molar-refractivity contribution is 5.35. The van der Waals surface area contributed by atoms with Gasteiger partial charge in [-0.25, -0.2) is 0 Å². The Morgan fingerprint density at radius 1 is 0.700 bits per heavy atom. The molecule has 0 fully saturated rings. The second kappa shape index (κ2) is 7.68. The fourth-order valence-electron chi connectivity index (χ4n) is 0.328. The molecule has 0 bridgehead atoms. The Bertz CT molecular complexity index is 213. The molecule has 0 rings (SSSR count). The lowest BCUT2D eigenvalue weighted by Crippen LogP contribution is -1.55. The van der Waals surface area contributed by atoms with Crippen molar-refractivity contribution in [2.24, 2.45) is 0 Å². The number of hydrogen-bond acceptors (Lipinski definition) is 0. The Hall–Kier alpha value is -1.32. The molecule has 0 N–H and O–H groups in total. The third-order valence-corrected chi connectivity index (χ3v) is 0.718. The van der Waals surface area contributed by atoms with Crippen LogP contribution >= 0.6 is 0 Å². The van der Waals surface area contributed by atoms with Gasteiger partial charge in [0, 0.05) is 12.8 Å². The second-order valence-corrected chi connectivity index (χ2v) is 1.56. The fourth-order valence-corrected chi connectivity index (χ4v) is 0.328. The molecule has 0 nitrogen and oxygen atoms in total. The summed E-state index contributed by atoms with van der Waals surface area (Å²) in [4.78, 5) is 0. The van der Waals surface area contributed by atoms with Gasteiger partial charge in [0.15, 0.2) is 0 Å². The molecule has 0 aromatic heterocycles. The fraction of sp³-hybridized carbons (Fsp3) is 0.400. The van der Waals surface area contributed by atoms with Crippen LogP contribution in [0, 0.1) is 35.5 Å². The van der Waals surface area contributed by atoms with Crippen LogP contribution in [-0.4, -0.2) is 0 Å². The standard InChI is InChI=1S/C10H10/c1-3-5-7-9-10-8-6-4-2/h3-4H2,1-2H3. The van der Waals surface area contributed by atoms with Crippen molar-refractivity contribution in [3.05, 3.63) is 0 Å². The summed E-state index contributed by atoms with van der Waals surface area (Å²) in [6, 6.07) is 0. The maximum absolute atomic E-state index is 2.83. The van der Waals surface area contributed by atoms with Crippen LogP contribution in [0.15, 0.2) is 0 Å². The van der Waals surface area contributed by atoms with E-state index in [0.29, 0.717) is 0 Å². The first-order valence-electron chi connectivity index (χ1n) is 3.37. The summed E-state index contributed by atoms with van der Waals surface area (Å²) in [5.74, 6) is 16.3. The third kappa shape index (κ3) is 6.68. The van der Waals surface area contributed by atoms with Gasteiger partial charge in [-0.15, -0.1) is 0 Å². The minimum absolute atomic E-state index is 0.857. The predicted octanol–water partition coefficient (Wildman–Crippen LogP) is 1.82. The maximum atomic E-state index is 2.83. The van der Waals surface area contributed by atoms with Crippen LogP contribution in [0.3, 0.4) is 0 Å². The normalized spacial score (nSPS) is 5.40. The Kier molecular flexibility index (Phi) is 6.67. The van der Waals surface area contributed by atoms with Gasteiger partial charge in [-0.1, -0.05) is 25.7 Å². The van der Waals surface area contributed by atoms with Gasteiger partial charge < -0.3 is 0 Å². The quantitative estimate of drug-likeness (QED) is 0.439.